The van der Waals surface area contributed by atoms with Crippen LogP contribution < -0.4 is 10.6 Å². The molecule has 0 spiro atoms. The van der Waals surface area contributed by atoms with Crippen molar-refractivity contribution >= 4 is 23.7 Å². The van der Waals surface area contributed by atoms with E-state index >= 15 is 0 Å². The van der Waals surface area contributed by atoms with Crippen LogP contribution in [0.25, 0.3) is 0 Å². The lowest BCUT2D eigenvalue weighted by atomic mass is 10.1. The number of urea groups is 1. The molecule has 2 amide bonds. The van der Waals surface area contributed by atoms with Crippen molar-refractivity contribution in [1.82, 2.24) is 5.32 Å². The Labute approximate surface area is 121 Å². The van der Waals surface area contributed by atoms with Crippen molar-refractivity contribution in [2.24, 2.45) is 0 Å². The summed E-state index contributed by atoms with van der Waals surface area (Å²) in [5, 5.41) is 22.7. The number of nitrogens with one attached hydrogen (secondary N) is 2. The van der Waals surface area contributed by atoms with Gasteiger partial charge in [-0.15, -0.1) is 12.3 Å². The molecular formula is C14H14N2O5. The standard InChI is InChI=1S/C14H14N2O5/c1-2-3-4-5-15-14(21)16-11-7-9(12(17)18)6-10(8-11)13(19)20/h1,6-8H,3-5H2,(H,17,18)(H,19,20)(H2,15,16,21). The van der Waals surface area contributed by atoms with E-state index in [2.05, 4.69) is 16.6 Å². The van der Waals surface area contributed by atoms with E-state index in [4.69, 9.17) is 16.6 Å². The number of anilines is 1. The Kier molecular flexibility index (Phi) is 5.77. The van der Waals surface area contributed by atoms with Crippen LogP contribution in [0, 0.1) is 12.3 Å². The summed E-state index contributed by atoms with van der Waals surface area (Å²) in [6, 6.07) is 2.80. The smallest absolute Gasteiger partial charge is 0.335 e. The predicted octanol–water partition coefficient (Wildman–Crippen LogP) is 1.62. The first-order valence-electron chi connectivity index (χ1n) is 6.04. The van der Waals surface area contributed by atoms with Gasteiger partial charge in [0.2, 0.25) is 0 Å². The zero-order valence-electron chi connectivity index (χ0n) is 11.0. The van der Waals surface area contributed by atoms with Crippen LogP contribution in [0.5, 0.6) is 0 Å². The van der Waals surface area contributed by atoms with Crippen LogP contribution in [0.1, 0.15) is 33.6 Å². The van der Waals surface area contributed by atoms with Gasteiger partial charge in [-0.05, 0) is 24.6 Å². The van der Waals surface area contributed by atoms with E-state index in [9.17, 15) is 14.4 Å². The summed E-state index contributed by atoms with van der Waals surface area (Å²) in [7, 11) is 0. The number of rotatable bonds is 6. The number of carbonyl (C=O) groups excluding carboxylic acids is 1. The molecule has 0 fully saturated rings. The fourth-order valence-electron chi connectivity index (χ4n) is 1.51. The minimum Gasteiger partial charge on any atom is -0.478 e. The molecule has 0 unspecified atom stereocenters. The first-order chi connectivity index (χ1) is 9.93. The van der Waals surface area contributed by atoms with Gasteiger partial charge in [-0.25, -0.2) is 14.4 Å². The number of carboxylic acids is 2. The molecule has 0 aliphatic heterocycles. The van der Waals surface area contributed by atoms with E-state index in [0.29, 0.717) is 19.4 Å². The predicted molar refractivity (Wildman–Crippen MR) is 75.4 cm³/mol. The van der Waals surface area contributed by atoms with E-state index in [1.54, 1.807) is 0 Å². The maximum absolute atomic E-state index is 11.6. The summed E-state index contributed by atoms with van der Waals surface area (Å²) in [6.45, 7) is 0.362. The number of carbonyl (C=O) groups is 3. The Morgan fingerprint density at radius 2 is 1.67 bits per heavy atom. The fraction of sp³-hybridized carbons (Fsp3) is 0.214. The van der Waals surface area contributed by atoms with Gasteiger partial charge in [0, 0.05) is 18.7 Å². The second-order valence-electron chi connectivity index (χ2n) is 4.10. The van der Waals surface area contributed by atoms with Crippen LogP contribution in [0.2, 0.25) is 0 Å². The molecule has 0 aliphatic carbocycles. The summed E-state index contributed by atoms with van der Waals surface area (Å²) in [4.78, 5) is 33.4. The van der Waals surface area contributed by atoms with E-state index in [1.807, 2.05) is 0 Å². The molecule has 4 N–H and O–H groups in total. The van der Waals surface area contributed by atoms with Gasteiger partial charge < -0.3 is 20.8 Å². The molecule has 0 radical (unpaired) electrons. The van der Waals surface area contributed by atoms with Gasteiger partial charge in [0.1, 0.15) is 0 Å². The highest BCUT2D eigenvalue weighted by Gasteiger charge is 2.12. The van der Waals surface area contributed by atoms with E-state index in [-0.39, 0.29) is 16.8 Å². The zero-order chi connectivity index (χ0) is 15.8. The topological polar surface area (TPSA) is 116 Å². The largest absolute Gasteiger partial charge is 0.478 e. The second-order valence-corrected chi connectivity index (χ2v) is 4.10. The summed E-state index contributed by atoms with van der Waals surface area (Å²) in [6.07, 6.45) is 6.21. The van der Waals surface area contributed by atoms with Gasteiger partial charge in [-0.1, -0.05) is 0 Å². The van der Waals surface area contributed by atoms with Crippen molar-refractivity contribution in [3.63, 3.8) is 0 Å². The van der Waals surface area contributed by atoms with Gasteiger partial charge in [0.05, 0.1) is 11.1 Å². The monoisotopic (exact) mass is 290 g/mol. The normalized spacial score (nSPS) is 9.48. The zero-order valence-corrected chi connectivity index (χ0v) is 11.0. The highest BCUT2D eigenvalue weighted by atomic mass is 16.4. The van der Waals surface area contributed by atoms with Gasteiger partial charge >= 0.3 is 18.0 Å². The van der Waals surface area contributed by atoms with Crippen LogP contribution in [0.15, 0.2) is 18.2 Å². The number of terminal acetylenes is 1. The molecule has 0 heterocycles. The quantitative estimate of drug-likeness (QED) is 0.469. The molecule has 1 aromatic carbocycles. The Morgan fingerprint density at radius 1 is 1.10 bits per heavy atom. The van der Waals surface area contributed by atoms with E-state index in [1.165, 1.54) is 12.1 Å². The molecule has 7 nitrogen and oxygen atoms in total. The molecule has 1 rings (SSSR count). The number of hydrogen-bond acceptors (Lipinski definition) is 3. The van der Waals surface area contributed by atoms with Crippen molar-refractivity contribution in [3.05, 3.63) is 29.3 Å². The Bertz CT molecular complexity index is 572. The van der Waals surface area contributed by atoms with Crippen LogP contribution in [0.4, 0.5) is 10.5 Å². The number of carboxylic acid groups (broad SMARTS) is 2. The van der Waals surface area contributed by atoms with Crippen molar-refractivity contribution in [3.8, 4) is 12.3 Å². The lowest BCUT2D eigenvalue weighted by Crippen LogP contribution is -2.29. The van der Waals surface area contributed by atoms with Crippen molar-refractivity contribution in [1.29, 1.82) is 0 Å². The molecule has 110 valence electrons. The molecule has 0 atom stereocenters. The maximum atomic E-state index is 11.6. The molecule has 0 aromatic heterocycles. The van der Waals surface area contributed by atoms with Crippen molar-refractivity contribution in [2.45, 2.75) is 12.8 Å². The number of unbranched alkanes of at least 4 members (excludes halogenated alkanes) is 1. The molecule has 0 bridgehead atoms. The van der Waals surface area contributed by atoms with Gasteiger partial charge in [-0.3, -0.25) is 0 Å². The van der Waals surface area contributed by atoms with Crippen LogP contribution in [-0.4, -0.2) is 34.7 Å². The average Bonchev–Trinajstić information content (AvgIpc) is 2.43. The maximum Gasteiger partial charge on any atom is 0.335 e. The molecule has 0 saturated carbocycles. The van der Waals surface area contributed by atoms with Crippen LogP contribution >= 0.6 is 0 Å². The summed E-state index contributed by atoms with van der Waals surface area (Å²) >= 11 is 0. The fourth-order valence-corrected chi connectivity index (χ4v) is 1.51. The van der Waals surface area contributed by atoms with Crippen molar-refractivity contribution in [2.75, 3.05) is 11.9 Å². The van der Waals surface area contributed by atoms with Crippen molar-refractivity contribution < 1.29 is 24.6 Å². The highest BCUT2D eigenvalue weighted by Crippen LogP contribution is 2.15. The van der Waals surface area contributed by atoms with Crippen LogP contribution in [0.3, 0.4) is 0 Å². The molecule has 1 aromatic rings. The number of amides is 2. The lowest BCUT2D eigenvalue weighted by Gasteiger charge is -2.09. The SMILES string of the molecule is C#CCCCNC(=O)Nc1cc(C(=O)O)cc(C(=O)O)c1. The van der Waals surface area contributed by atoms with Gasteiger partial charge in [0.15, 0.2) is 0 Å². The highest BCUT2D eigenvalue weighted by molar-refractivity contribution is 5.98. The molecule has 0 aliphatic rings. The Hall–Kier alpha value is -3.01. The number of hydrogen-bond donors (Lipinski definition) is 4. The Balaban J connectivity index is 2.78. The molecule has 0 saturated heterocycles. The van der Waals surface area contributed by atoms with E-state index in [0.717, 1.165) is 6.07 Å². The third kappa shape index (κ3) is 5.24. The third-order valence-corrected chi connectivity index (χ3v) is 2.47. The number of benzene rings is 1. The first-order valence-corrected chi connectivity index (χ1v) is 6.04. The first kappa shape index (κ1) is 16.0. The molecule has 21 heavy (non-hydrogen) atoms. The third-order valence-electron chi connectivity index (χ3n) is 2.47. The average molecular weight is 290 g/mol. The minimum absolute atomic E-state index is 0.0850. The second kappa shape index (κ2) is 7.55. The number of aromatic carboxylic acids is 2. The Morgan fingerprint density at radius 3 is 2.14 bits per heavy atom. The summed E-state index contributed by atoms with van der Waals surface area (Å²) < 4.78 is 0. The van der Waals surface area contributed by atoms with Gasteiger partial charge in [-0.2, -0.15) is 0 Å². The summed E-state index contributed by atoms with van der Waals surface area (Å²) in [5.41, 5.74) is -0.364. The molecular weight excluding hydrogens is 276 g/mol. The molecule has 7 heteroatoms. The van der Waals surface area contributed by atoms with Gasteiger partial charge in [0.25, 0.3) is 0 Å². The lowest BCUT2D eigenvalue weighted by molar-refractivity contribution is 0.0696. The minimum atomic E-state index is -1.28. The summed E-state index contributed by atoms with van der Waals surface area (Å²) in [5.74, 6) is -0.135. The van der Waals surface area contributed by atoms with Crippen LogP contribution in [-0.2, 0) is 0 Å². The van der Waals surface area contributed by atoms with E-state index < -0.39 is 18.0 Å².